The minimum atomic E-state index is -4.36. The molecular weight excluding hydrogens is 281 g/mol. The lowest BCUT2D eigenvalue weighted by Crippen LogP contribution is -2.47. The van der Waals surface area contributed by atoms with Crippen LogP contribution in [0.4, 0.5) is 13.2 Å². The van der Waals surface area contributed by atoms with Crippen molar-refractivity contribution in [2.45, 2.75) is 18.5 Å². The molecule has 6 heteroatoms. The number of rotatable bonds is 2. The third-order valence-electron chi connectivity index (χ3n) is 4.20. The molecule has 1 N–H and O–H groups in total. The third kappa shape index (κ3) is 2.90. The fraction of sp³-hybridized carbons (Fsp3) is 0.533. The molecule has 3 nitrogen and oxygen atoms in total. The minimum Gasteiger partial charge on any atom is -0.340 e. The summed E-state index contributed by atoms with van der Waals surface area (Å²) >= 11 is 0. The average Bonchev–Trinajstić information content (AvgIpc) is 3.27. The lowest BCUT2D eigenvalue weighted by atomic mass is 10.0. The molecule has 2 unspecified atom stereocenters. The lowest BCUT2D eigenvalue weighted by Gasteiger charge is -2.27. The zero-order valence-electron chi connectivity index (χ0n) is 11.5. The zero-order valence-corrected chi connectivity index (χ0v) is 11.5. The first-order valence-electron chi connectivity index (χ1n) is 7.14. The molecule has 2 atom stereocenters. The Morgan fingerprint density at radius 3 is 2.52 bits per heavy atom. The first-order chi connectivity index (χ1) is 9.98. The summed E-state index contributed by atoms with van der Waals surface area (Å²) in [6.45, 7) is 2.79. The Morgan fingerprint density at radius 1 is 1.19 bits per heavy atom. The van der Waals surface area contributed by atoms with Crippen LogP contribution in [0.15, 0.2) is 24.3 Å². The predicted octanol–water partition coefficient (Wildman–Crippen LogP) is 2.24. The van der Waals surface area contributed by atoms with Gasteiger partial charge >= 0.3 is 6.18 Å². The maximum Gasteiger partial charge on any atom is 0.416 e. The maximum atomic E-state index is 13.0. The maximum absolute atomic E-state index is 13.0. The summed E-state index contributed by atoms with van der Waals surface area (Å²) in [5.74, 6) is -0.574. The SMILES string of the molecule is O=C(C1CC1c1ccccc1C(F)(F)F)N1CCNCC1. The highest BCUT2D eigenvalue weighted by molar-refractivity contribution is 5.83. The predicted molar refractivity (Wildman–Crippen MR) is 71.7 cm³/mol. The molecule has 0 aromatic heterocycles. The number of nitrogens with zero attached hydrogens (tertiary/aromatic N) is 1. The van der Waals surface area contributed by atoms with E-state index in [1.807, 2.05) is 0 Å². The first kappa shape index (κ1) is 14.4. The summed E-state index contributed by atoms with van der Waals surface area (Å²) in [5.41, 5.74) is -0.343. The van der Waals surface area contributed by atoms with Crippen molar-refractivity contribution >= 4 is 5.91 Å². The van der Waals surface area contributed by atoms with E-state index in [4.69, 9.17) is 0 Å². The summed E-state index contributed by atoms with van der Waals surface area (Å²) in [6.07, 6.45) is -3.84. The smallest absolute Gasteiger partial charge is 0.340 e. The standard InChI is InChI=1S/C15H17F3N2O/c16-15(17,18)13-4-2-1-3-10(13)11-9-12(11)14(21)20-7-5-19-6-8-20/h1-4,11-12,19H,5-9H2. The van der Waals surface area contributed by atoms with Gasteiger partial charge in [-0.3, -0.25) is 4.79 Å². The van der Waals surface area contributed by atoms with Crippen molar-refractivity contribution in [3.05, 3.63) is 35.4 Å². The van der Waals surface area contributed by atoms with Crippen molar-refractivity contribution in [2.75, 3.05) is 26.2 Å². The van der Waals surface area contributed by atoms with E-state index in [1.165, 1.54) is 12.1 Å². The van der Waals surface area contributed by atoms with Crippen LogP contribution in [-0.2, 0) is 11.0 Å². The van der Waals surface area contributed by atoms with Crippen molar-refractivity contribution < 1.29 is 18.0 Å². The number of nitrogens with one attached hydrogen (secondary N) is 1. The second kappa shape index (κ2) is 5.33. The van der Waals surface area contributed by atoms with Gasteiger partial charge in [0.1, 0.15) is 0 Å². The largest absolute Gasteiger partial charge is 0.416 e. The van der Waals surface area contributed by atoms with Crippen LogP contribution in [0.3, 0.4) is 0 Å². The monoisotopic (exact) mass is 298 g/mol. The normalized spacial score (nSPS) is 25.8. The summed E-state index contributed by atoms with van der Waals surface area (Å²) in [5, 5.41) is 3.16. The summed E-state index contributed by atoms with van der Waals surface area (Å²) in [4.78, 5) is 14.1. The Hall–Kier alpha value is -1.56. The van der Waals surface area contributed by atoms with E-state index in [1.54, 1.807) is 11.0 Å². The highest BCUT2D eigenvalue weighted by atomic mass is 19.4. The molecule has 0 spiro atoms. The van der Waals surface area contributed by atoms with Crippen molar-refractivity contribution in [3.63, 3.8) is 0 Å². The van der Waals surface area contributed by atoms with Gasteiger partial charge in [-0.05, 0) is 24.0 Å². The van der Waals surface area contributed by atoms with Crippen molar-refractivity contribution in [1.29, 1.82) is 0 Å². The van der Waals surface area contributed by atoms with Crippen LogP contribution in [0.5, 0.6) is 0 Å². The molecule has 0 radical (unpaired) electrons. The van der Waals surface area contributed by atoms with E-state index in [0.29, 0.717) is 19.5 Å². The van der Waals surface area contributed by atoms with E-state index in [2.05, 4.69) is 5.32 Å². The van der Waals surface area contributed by atoms with Gasteiger partial charge in [-0.1, -0.05) is 18.2 Å². The van der Waals surface area contributed by atoms with Crippen molar-refractivity contribution in [2.24, 2.45) is 5.92 Å². The lowest BCUT2D eigenvalue weighted by molar-refractivity contribution is -0.138. The van der Waals surface area contributed by atoms with E-state index in [0.717, 1.165) is 19.2 Å². The van der Waals surface area contributed by atoms with Crippen molar-refractivity contribution in [1.82, 2.24) is 10.2 Å². The highest BCUT2D eigenvalue weighted by Gasteiger charge is 2.49. The van der Waals surface area contributed by atoms with Crippen LogP contribution in [0.2, 0.25) is 0 Å². The van der Waals surface area contributed by atoms with Crippen LogP contribution >= 0.6 is 0 Å². The quantitative estimate of drug-likeness (QED) is 0.908. The van der Waals surface area contributed by atoms with Crippen LogP contribution in [0.25, 0.3) is 0 Å². The molecule has 1 aliphatic carbocycles. The number of alkyl halides is 3. The highest BCUT2D eigenvalue weighted by Crippen LogP contribution is 2.51. The number of benzene rings is 1. The Morgan fingerprint density at radius 2 is 1.86 bits per heavy atom. The van der Waals surface area contributed by atoms with Gasteiger partial charge in [0, 0.05) is 32.1 Å². The third-order valence-corrected chi connectivity index (χ3v) is 4.20. The Labute approximate surface area is 121 Å². The number of hydrogen-bond donors (Lipinski definition) is 1. The fourth-order valence-corrected chi connectivity index (χ4v) is 3.01. The number of amides is 1. The molecule has 1 aromatic carbocycles. The van der Waals surface area contributed by atoms with Crippen molar-refractivity contribution in [3.8, 4) is 0 Å². The Kier molecular flexibility index (Phi) is 3.65. The number of hydrogen-bond acceptors (Lipinski definition) is 2. The van der Waals surface area contributed by atoms with Crippen LogP contribution < -0.4 is 5.32 Å². The average molecular weight is 298 g/mol. The second-order valence-corrected chi connectivity index (χ2v) is 5.61. The fourth-order valence-electron chi connectivity index (χ4n) is 3.01. The summed E-state index contributed by atoms with van der Waals surface area (Å²) in [6, 6.07) is 5.59. The molecule has 2 fully saturated rings. The number of halogens is 3. The molecule has 21 heavy (non-hydrogen) atoms. The van der Waals surface area contributed by atoms with Gasteiger partial charge in [-0.2, -0.15) is 13.2 Å². The molecule has 2 aliphatic rings. The van der Waals surface area contributed by atoms with Crippen LogP contribution in [0.1, 0.15) is 23.5 Å². The van der Waals surface area contributed by atoms with Gasteiger partial charge in [-0.15, -0.1) is 0 Å². The summed E-state index contributed by atoms with van der Waals surface area (Å²) in [7, 11) is 0. The van der Waals surface area contributed by atoms with Crippen LogP contribution in [0, 0.1) is 5.92 Å². The Balaban J connectivity index is 1.74. The van der Waals surface area contributed by atoms with E-state index in [9.17, 15) is 18.0 Å². The molecule has 0 bridgehead atoms. The van der Waals surface area contributed by atoms with Gasteiger partial charge < -0.3 is 10.2 Å². The van der Waals surface area contributed by atoms with Gasteiger partial charge in [0.25, 0.3) is 0 Å². The zero-order chi connectivity index (χ0) is 15.0. The topological polar surface area (TPSA) is 32.3 Å². The molecule has 1 amide bonds. The van der Waals surface area contributed by atoms with E-state index < -0.39 is 11.7 Å². The molecule has 1 saturated carbocycles. The Bertz CT molecular complexity index is 538. The molecule has 1 aromatic rings. The number of piperazine rings is 1. The molecule has 1 heterocycles. The van der Waals surface area contributed by atoms with Gasteiger partial charge in [-0.25, -0.2) is 0 Å². The second-order valence-electron chi connectivity index (χ2n) is 5.61. The first-order valence-corrected chi connectivity index (χ1v) is 7.14. The molecule has 1 saturated heterocycles. The molecule has 3 rings (SSSR count). The van der Waals surface area contributed by atoms with Gasteiger partial charge in [0.15, 0.2) is 0 Å². The van der Waals surface area contributed by atoms with Gasteiger partial charge in [0.2, 0.25) is 5.91 Å². The minimum absolute atomic E-state index is 0.00141. The number of carbonyl (C=O) groups excluding carboxylic acids is 1. The van der Waals surface area contributed by atoms with E-state index in [-0.39, 0.29) is 23.3 Å². The van der Waals surface area contributed by atoms with E-state index >= 15 is 0 Å². The molecule has 1 aliphatic heterocycles. The summed E-state index contributed by atoms with van der Waals surface area (Å²) < 4.78 is 39.0. The van der Waals surface area contributed by atoms with Gasteiger partial charge in [0.05, 0.1) is 5.56 Å². The van der Waals surface area contributed by atoms with Crippen LogP contribution in [-0.4, -0.2) is 37.0 Å². The molecule has 114 valence electrons. The number of carbonyl (C=O) groups is 1. The molecular formula is C15H17F3N2O.